The van der Waals surface area contributed by atoms with Gasteiger partial charge in [0.25, 0.3) is 5.91 Å². The SMILES string of the molecule is Cc1cc(C(=O)NC(CCC(=O)OC(C)(C)C)C(=O)O)ccc1C1c2cc(F)c(O)cc2Oc2cc(O)c(F)cc21. The number of aliphatic carboxylic acids is 1. The molecule has 3 aromatic carbocycles. The van der Waals surface area contributed by atoms with Crippen molar-refractivity contribution < 1.29 is 48.0 Å². The van der Waals surface area contributed by atoms with Gasteiger partial charge in [0.05, 0.1) is 0 Å². The van der Waals surface area contributed by atoms with E-state index in [1.54, 1.807) is 33.8 Å². The molecule has 1 aliphatic rings. The average Bonchev–Trinajstić information content (AvgIpc) is 2.86. The van der Waals surface area contributed by atoms with Gasteiger partial charge in [-0.15, -0.1) is 0 Å². The average molecular weight is 570 g/mol. The number of aryl methyl sites for hydroxylation is 1. The Morgan fingerprint density at radius 2 is 1.51 bits per heavy atom. The van der Waals surface area contributed by atoms with E-state index in [4.69, 9.17) is 9.47 Å². The van der Waals surface area contributed by atoms with Crippen LogP contribution in [-0.2, 0) is 14.3 Å². The maximum absolute atomic E-state index is 14.4. The minimum atomic E-state index is -1.35. The van der Waals surface area contributed by atoms with Crippen LogP contribution in [0.25, 0.3) is 0 Å². The first-order valence-electron chi connectivity index (χ1n) is 12.7. The third-order valence-electron chi connectivity index (χ3n) is 6.50. The molecule has 0 saturated heterocycles. The molecule has 1 unspecified atom stereocenters. The standard InChI is InChI=1S/C30H29F2NO8/c1-14-9-15(28(37)33-21(29(38)39)7-8-26(36)41-30(2,3)4)5-6-16(14)27-17-10-19(31)22(34)12-24(17)40-25-13-23(35)20(32)11-18(25)27/h5-6,9-13,21,27,34-35H,7-8H2,1-4H3,(H,33,37)(H,38,39). The maximum atomic E-state index is 14.4. The molecule has 0 radical (unpaired) electrons. The Morgan fingerprint density at radius 3 is 2.00 bits per heavy atom. The summed E-state index contributed by atoms with van der Waals surface area (Å²) in [6.45, 7) is 6.73. The van der Waals surface area contributed by atoms with Crippen molar-refractivity contribution >= 4 is 17.8 Å². The molecule has 0 aromatic heterocycles. The van der Waals surface area contributed by atoms with Crippen LogP contribution in [0.3, 0.4) is 0 Å². The molecule has 0 fully saturated rings. The van der Waals surface area contributed by atoms with Crippen LogP contribution in [-0.4, -0.2) is 44.8 Å². The van der Waals surface area contributed by atoms with Gasteiger partial charge in [0.1, 0.15) is 23.1 Å². The zero-order valence-corrected chi connectivity index (χ0v) is 22.7. The van der Waals surface area contributed by atoms with Crippen molar-refractivity contribution in [1.29, 1.82) is 0 Å². The highest BCUT2D eigenvalue weighted by Gasteiger charge is 2.33. The number of halogens is 2. The molecule has 0 saturated carbocycles. The molecular weight excluding hydrogens is 540 g/mol. The molecule has 1 aliphatic heterocycles. The van der Waals surface area contributed by atoms with Crippen molar-refractivity contribution in [3.05, 3.63) is 81.9 Å². The predicted octanol–water partition coefficient (Wildman–Crippen LogP) is 5.28. The molecule has 0 aliphatic carbocycles. The van der Waals surface area contributed by atoms with Crippen LogP contribution in [0.2, 0.25) is 0 Å². The van der Waals surface area contributed by atoms with Crippen LogP contribution in [0.1, 0.15) is 72.1 Å². The van der Waals surface area contributed by atoms with Gasteiger partial charge in [-0.1, -0.05) is 6.07 Å². The number of nitrogens with one attached hydrogen (secondary N) is 1. The van der Waals surface area contributed by atoms with E-state index in [0.717, 1.165) is 24.3 Å². The minimum absolute atomic E-state index is 0.0999. The molecule has 1 heterocycles. The molecule has 1 atom stereocenters. The number of benzene rings is 3. The van der Waals surface area contributed by atoms with Crippen molar-refractivity contribution in [2.75, 3.05) is 0 Å². The van der Waals surface area contributed by atoms with Crippen LogP contribution < -0.4 is 10.1 Å². The van der Waals surface area contributed by atoms with E-state index in [1.807, 2.05) is 0 Å². The second-order valence-corrected chi connectivity index (χ2v) is 10.8. The molecule has 41 heavy (non-hydrogen) atoms. The van der Waals surface area contributed by atoms with E-state index < -0.39 is 58.5 Å². The summed E-state index contributed by atoms with van der Waals surface area (Å²) >= 11 is 0. The number of amides is 1. The number of carbonyl (C=O) groups is 3. The number of aromatic hydroxyl groups is 2. The first-order valence-corrected chi connectivity index (χ1v) is 12.7. The normalized spacial score (nSPS) is 13.4. The highest BCUT2D eigenvalue weighted by Crippen LogP contribution is 2.50. The lowest BCUT2D eigenvalue weighted by Crippen LogP contribution is -2.41. The fourth-order valence-corrected chi connectivity index (χ4v) is 4.66. The molecule has 0 bridgehead atoms. The molecule has 0 spiro atoms. The largest absolute Gasteiger partial charge is 0.505 e. The zero-order chi connectivity index (χ0) is 30.2. The fraction of sp³-hybridized carbons (Fsp3) is 0.300. The molecule has 3 aromatic rings. The summed E-state index contributed by atoms with van der Waals surface area (Å²) in [4.78, 5) is 36.7. The predicted molar refractivity (Wildman–Crippen MR) is 142 cm³/mol. The summed E-state index contributed by atoms with van der Waals surface area (Å²) in [6, 6.07) is 7.47. The number of hydrogen-bond donors (Lipinski definition) is 4. The Hall–Kier alpha value is -4.67. The van der Waals surface area contributed by atoms with Gasteiger partial charge in [0.2, 0.25) is 0 Å². The lowest BCUT2D eigenvalue weighted by atomic mass is 9.80. The fourth-order valence-electron chi connectivity index (χ4n) is 4.66. The number of hydrogen-bond acceptors (Lipinski definition) is 7. The Bertz CT molecular complexity index is 1490. The van der Waals surface area contributed by atoms with Crippen molar-refractivity contribution in [3.8, 4) is 23.0 Å². The smallest absolute Gasteiger partial charge is 0.326 e. The zero-order valence-electron chi connectivity index (χ0n) is 22.7. The van der Waals surface area contributed by atoms with E-state index in [-0.39, 0.29) is 41.0 Å². The molecule has 4 rings (SSSR count). The van der Waals surface area contributed by atoms with Crippen molar-refractivity contribution in [2.24, 2.45) is 0 Å². The number of phenols is 2. The summed E-state index contributed by atoms with van der Waals surface area (Å²) in [6.07, 6.45) is -0.396. The molecule has 11 heteroatoms. The summed E-state index contributed by atoms with van der Waals surface area (Å²) in [5.74, 6) is -6.34. The summed E-state index contributed by atoms with van der Waals surface area (Å²) in [5.41, 5.74) is 1.03. The van der Waals surface area contributed by atoms with Crippen LogP contribution in [0.5, 0.6) is 23.0 Å². The number of fused-ring (bicyclic) bond motifs is 2. The number of carboxylic acid groups (broad SMARTS) is 1. The van der Waals surface area contributed by atoms with Gasteiger partial charge in [-0.05, 0) is 69.5 Å². The second kappa shape index (κ2) is 11.1. The van der Waals surface area contributed by atoms with Crippen LogP contribution in [0, 0.1) is 18.6 Å². The number of esters is 1. The molecule has 1 amide bonds. The van der Waals surface area contributed by atoms with Crippen LogP contribution in [0.4, 0.5) is 8.78 Å². The van der Waals surface area contributed by atoms with Gasteiger partial charge in [-0.2, -0.15) is 0 Å². The quantitative estimate of drug-likeness (QED) is 0.220. The Balaban J connectivity index is 1.63. The van der Waals surface area contributed by atoms with E-state index in [1.165, 1.54) is 12.1 Å². The highest BCUT2D eigenvalue weighted by atomic mass is 19.1. The second-order valence-electron chi connectivity index (χ2n) is 10.8. The minimum Gasteiger partial charge on any atom is -0.505 e. The first kappa shape index (κ1) is 29.3. The summed E-state index contributed by atoms with van der Waals surface area (Å²) < 4.78 is 39.8. The van der Waals surface area contributed by atoms with Gasteiger partial charge in [-0.25, -0.2) is 13.6 Å². The van der Waals surface area contributed by atoms with Crippen LogP contribution in [0.15, 0.2) is 42.5 Å². The molecule has 9 nitrogen and oxygen atoms in total. The Morgan fingerprint density at radius 1 is 0.951 bits per heavy atom. The van der Waals surface area contributed by atoms with Gasteiger partial charge in [0, 0.05) is 41.2 Å². The maximum Gasteiger partial charge on any atom is 0.326 e. The topological polar surface area (TPSA) is 142 Å². The highest BCUT2D eigenvalue weighted by molar-refractivity contribution is 5.97. The summed E-state index contributed by atoms with van der Waals surface area (Å²) in [7, 11) is 0. The van der Waals surface area contributed by atoms with E-state index in [9.17, 15) is 38.5 Å². The van der Waals surface area contributed by atoms with Crippen LogP contribution >= 0.6 is 0 Å². The number of rotatable bonds is 7. The van der Waals surface area contributed by atoms with Crippen molar-refractivity contribution in [2.45, 2.75) is 58.1 Å². The third-order valence-corrected chi connectivity index (χ3v) is 6.50. The van der Waals surface area contributed by atoms with Gasteiger partial charge in [-0.3, -0.25) is 9.59 Å². The van der Waals surface area contributed by atoms with Crippen molar-refractivity contribution in [3.63, 3.8) is 0 Å². The van der Waals surface area contributed by atoms with E-state index in [0.29, 0.717) is 11.1 Å². The lowest BCUT2D eigenvalue weighted by molar-refractivity contribution is -0.155. The van der Waals surface area contributed by atoms with Crippen molar-refractivity contribution in [1.82, 2.24) is 5.32 Å². The number of carboxylic acids is 1. The van der Waals surface area contributed by atoms with E-state index >= 15 is 0 Å². The first-order chi connectivity index (χ1) is 19.1. The molecule has 4 N–H and O–H groups in total. The monoisotopic (exact) mass is 569 g/mol. The van der Waals surface area contributed by atoms with E-state index in [2.05, 4.69) is 5.32 Å². The number of phenolic OH excluding ortho intramolecular Hbond substituents is 2. The molecule has 216 valence electrons. The lowest BCUT2D eigenvalue weighted by Gasteiger charge is -2.30. The Kier molecular flexibility index (Phi) is 7.92. The number of ether oxygens (including phenoxy) is 2. The molecular formula is C30H29F2NO8. The summed E-state index contributed by atoms with van der Waals surface area (Å²) in [5, 5.41) is 31.8. The Labute approximate surface area is 234 Å². The van der Waals surface area contributed by atoms with Gasteiger partial charge < -0.3 is 30.1 Å². The third kappa shape index (κ3) is 6.40. The van der Waals surface area contributed by atoms with Gasteiger partial charge >= 0.3 is 11.9 Å². The van der Waals surface area contributed by atoms with Gasteiger partial charge in [0.15, 0.2) is 23.1 Å². The number of carbonyl (C=O) groups excluding carboxylic acids is 2.